The van der Waals surface area contributed by atoms with E-state index in [0.717, 1.165) is 42.7 Å². The Bertz CT molecular complexity index is 1210. The van der Waals surface area contributed by atoms with Crippen LogP contribution in [0.1, 0.15) is 34.3 Å². The Morgan fingerprint density at radius 2 is 1.67 bits per heavy atom. The number of likely N-dealkylation sites (N-methyl/N-ethyl adjacent to an activating group) is 1. The number of amides is 1. The highest BCUT2D eigenvalue weighted by molar-refractivity contribution is 6.00. The summed E-state index contributed by atoms with van der Waals surface area (Å²) in [5, 5.41) is 5.88. The van der Waals surface area contributed by atoms with Crippen molar-refractivity contribution in [1.82, 2.24) is 10.2 Å². The van der Waals surface area contributed by atoms with Gasteiger partial charge in [0, 0.05) is 55.6 Å². The molecule has 0 bridgehead atoms. The van der Waals surface area contributed by atoms with Crippen molar-refractivity contribution in [2.75, 3.05) is 51.1 Å². The van der Waals surface area contributed by atoms with E-state index in [0.29, 0.717) is 6.04 Å². The Hall–Kier alpha value is -3.05. The maximum atomic E-state index is 13.5. The summed E-state index contributed by atoms with van der Waals surface area (Å²) < 4.78 is 0. The highest BCUT2D eigenvalue weighted by Gasteiger charge is 2.47. The van der Waals surface area contributed by atoms with Gasteiger partial charge in [0.2, 0.25) is 0 Å². The van der Waals surface area contributed by atoms with Crippen LogP contribution in [0.2, 0.25) is 0 Å². The van der Waals surface area contributed by atoms with Gasteiger partial charge in [0.25, 0.3) is 5.91 Å². The quantitative estimate of drug-likeness (QED) is 0.615. The number of hydrogen-bond donors (Lipinski definition) is 1. The summed E-state index contributed by atoms with van der Waals surface area (Å²) in [4.78, 5) is 20.3. The molecule has 5 rings (SSSR count). The molecule has 1 aliphatic heterocycles. The van der Waals surface area contributed by atoms with Crippen molar-refractivity contribution in [3.05, 3.63) is 71.3 Å². The fraction of sp³-hybridized carbons (Fsp3) is 0.393. The molecule has 1 N–H and O–H groups in total. The third kappa shape index (κ3) is 3.84. The van der Waals surface area contributed by atoms with E-state index in [-0.39, 0.29) is 11.4 Å². The Morgan fingerprint density at radius 1 is 0.970 bits per heavy atom. The van der Waals surface area contributed by atoms with Gasteiger partial charge in [-0.15, -0.1) is 0 Å². The summed E-state index contributed by atoms with van der Waals surface area (Å²) in [7, 11) is 8.40. The maximum absolute atomic E-state index is 13.5. The minimum absolute atomic E-state index is 0.0253. The van der Waals surface area contributed by atoms with Crippen LogP contribution >= 0.6 is 0 Å². The molecule has 1 heterocycles. The highest BCUT2D eigenvalue weighted by atomic mass is 16.1. The Kier molecular flexibility index (Phi) is 5.32. The number of nitrogens with zero attached hydrogens (tertiary/aromatic N) is 3. The molecule has 1 saturated heterocycles. The first-order chi connectivity index (χ1) is 15.8. The molecule has 3 aromatic rings. The van der Waals surface area contributed by atoms with Gasteiger partial charge in [-0.25, -0.2) is 0 Å². The summed E-state index contributed by atoms with van der Waals surface area (Å²) in [5.74, 6) is 0.0253. The second-order valence-electron chi connectivity index (χ2n) is 10.1. The van der Waals surface area contributed by atoms with Crippen molar-refractivity contribution in [1.29, 1.82) is 0 Å². The highest BCUT2D eigenvalue weighted by Crippen LogP contribution is 2.49. The molecule has 1 aliphatic carbocycles. The summed E-state index contributed by atoms with van der Waals surface area (Å²) >= 11 is 0. The van der Waals surface area contributed by atoms with E-state index in [1.165, 1.54) is 22.0 Å². The van der Waals surface area contributed by atoms with Crippen molar-refractivity contribution in [3.8, 4) is 0 Å². The lowest BCUT2D eigenvalue weighted by Crippen LogP contribution is -2.57. The maximum Gasteiger partial charge on any atom is 0.252 e. The average molecular weight is 443 g/mol. The summed E-state index contributed by atoms with van der Waals surface area (Å²) in [6.45, 7) is 4.04. The molecule has 3 aromatic carbocycles. The first-order valence-corrected chi connectivity index (χ1v) is 11.8. The smallest absolute Gasteiger partial charge is 0.252 e. The number of nitrogens with one attached hydrogen (secondary N) is 1. The first-order valence-electron chi connectivity index (χ1n) is 11.8. The molecule has 0 unspecified atom stereocenters. The van der Waals surface area contributed by atoms with Crippen LogP contribution < -0.4 is 15.1 Å². The number of carbonyl (C=O) groups excluding carboxylic acids is 1. The lowest BCUT2D eigenvalue weighted by molar-refractivity contribution is 0.0930. The summed E-state index contributed by atoms with van der Waals surface area (Å²) in [5.41, 5.74) is 5.07. The fourth-order valence-corrected chi connectivity index (χ4v) is 5.02. The third-order valence-corrected chi connectivity index (χ3v) is 7.42. The van der Waals surface area contributed by atoms with Gasteiger partial charge in [-0.2, -0.15) is 0 Å². The van der Waals surface area contributed by atoms with Crippen LogP contribution in [0, 0.1) is 6.92 Å². The number of benzene rings is 3. The lowest BCUT2D eigenvalue weighted by atomic mass is 9.95. The minimum Gasteiger partial charge on any atom is -0.377 e. The Labute approximate surface area is 197 Å². The number of hydrogen-bond acceptors (Lipinski definition) is 4. The molecule has 2 aliphatic rings. The zero-order chi connectivity index (χ0) is 23.3. The van der Waals surface area contributed by atoms with Gasteiger partial charge in [0.1, 0.15) is 0 Å². The van der Waals surface area contributed by atoms with Crippen molar-refractivity contribution in [3.63, 3.8) is 0 Å². The molecule has 5 nitrogen and oxygen atoms in total. The third-order valence-electron chi connectivity index (χ3n) is 7.42. The van der Waals surface area contributed by atoms with Gasteiger partial charge in [-0.1, -0.05) is 36.4 Å². The van der Waals surface area contributed by atoms with E-state index in [4.69, 9.17) is 0 Å². The van der Waals surface area contributed by atoms with Gasteiger partial charge in [-0.05, 0) is 68.6 Å². The summed E-state index contributed by atoms with van der Waals surface area (Å²) in [6, 6.07) is 19.8. The minimum atomic E-state index is -0.281. The summed E-state index contributed by atoms with van der Waals surface area (Å²) in [6.07, 6.45) is 1.94. The van der Waals surface area contributed by atoms with Crippen molar-refractivity contribution in [2.24, 2.45) is 0 Å². The number of fused-ring (bicyclic) bond motifs is 1. The van der Waals surface area contributed by atoms with E-state index in [1.807, 2.05) is 6.92 Å². The first kappa shape index (κ1) is 21.8. The SMILES string of the molecule is Cc1ccc(N2CC(N(C)C)C2)cc1C(=O)NC1(c2cccc3c(N(C)C)cccc23)CC1. The predicted molar refractivity (Wildman–Crippen MR) is 138 cm³/mol. The van der Waals surface area contributed by atoms with Gasteiger partial charge in [-0.3, -0.25) is 4.79 Å². The normalized spacial score (nSPS) is 17.2. The molecule has 1 saturated carbocycles. The van der Waals surface area contributed by atoms with Crippen molar-refractivity contribution < 1.29 is 4.79 Å². The molecule has 5 heteroatoms. The van der Waals surface area contributed by atoms with E-state index in [9.17, 15) is 4.79 Å². The van der Waals surface area contributed by atoms with Crippen LogP contribution in [-0.4, -0.2) is 58.1 Å². The molecule has 0 radical (unpaired) electrons. The second-order valence-corrected chi connectivity index (χ2v) is 10.1. The van der Waals surface area contributed by atoms with Crippen LogP contribution in [0.3, 0.4) is 0 Å². The van der Waals surface area contributed by atoms with Crippen LogP contribution in [0.25, 0.3) is 10.8 Å². The zero-order valence-electron chi connectivity index (χ0n) is 20.4. The van der Waals surface area contributed by atoms with Crippen LogP contribution in [0.4, 0.5) is 11.4 Å². The average Bonchev–Trinajstić information content (AvgIpc) is 3.52. The Balaban J connectivity index is 1.42. The lowest BCUT2D eigenvalue weighted by Gasteiger charge is -2.44. The van der Waals surface area contributed by atoms with Crippen LogP contribution in [0.15, 0.2) is 54.6 Å². The monoisotopic (exact) mass is 442 g/mol. The van der Waals surface area contributed by atoms with E-state index >= 15 is 0 Å². The molecular weight excluding hydrogens is 408 g/mol. The van der Waals surface area contributed by atoms with Crippen molar-refractivity contribution in [2.45, 2.75) is 31.3 Å². The number of anilines is 2. The van der Waals surface area contributed by atoms with Gasteiger partial charge in [0.15, 0.2) is 0 Å². The topological polar surface area (TPSA) is 38.8 Å². The number of rotatable bonds is 6. The molecule has 1 amide bonds. The van der Waals surface area contributed by atoms with Crippen LogP contribution in [0.5, 0.6) is 0 Å². The molecule has 33 heavy (non-hydrogen) atoms. The van der Waals surface area contributed by atoms with E-state index < -0.39 is 0 Å². The predicted octanol–water partition coefficient (Wildman–Crippen LogP) is 4.38. The standard InChI is InChI=1S/C28H34N4O/c1-19-12-13-20(32-17-21(18-32)30(2)3)16-24(19)27(33)29-28(14-15-28)25-10-6-9-23-22(25)8-7-11-26(23)31(4)5/h6-13,16,21H,14-15,17-18H2,1-5H3,(H,29,33). The Morgan fingerprint density at radius 3 is 2.33 bits per heavy atom. The molecule has 0 aromatic heterocycles. The zero-order valence-corrected chi connectivity index (χ0v) is 20.4. The molecular formula is C28H34N4O. The largest absolute Gasteiger partial charge is 0.377 e. The van der Waals surface area contributed by atoms with Gasteiger partial charge in [0.05, 0.1) is 5.54 Å². The van der Waals surface area contributed by atoms with Crippen molar-refractivity contribution >= 4 is 28.1 Å². The van der Waals surface area contributed by atoms with Gasteiger partial charge >= 0.3 is 0 Å². The van der Waals surface area contributed by atoms with E-state index in [2.05, 4.69) is 103 Å². The van der Waals surface area contributed by atoms with E-state index in [1.54, 1.807) is 0 Å². The number of carbonyl (C=O) groups is 1. The molecule has 0 atom stereocenters. The fourth-order valence-electron chi connectivity index (χ4n) is 5.02. The molecule has 172 valence electrons. The second kappa shape index (κ2) is 8.07. The molecule has 0 spiro atoms. The van der Waals surface area contributed by atoms with Crippen LogP contribution in [-0.2, 0) is 5.54 Å². The number of aryl methyl sites for hydroxylation is 1. The molecule has 2 fully saturated rings. The van der Waals surface area contributed by atoms with Gasteiger partial charge < -0.3 is 20.0 Å².